The lowest BCUT2D eigenvalue weighted by atomic mass is 10.0. The second-order valence-electron chi connectivity index (χ2n) is 5.53. The van der Waals surface area contributed by atoms with Crippen LogP contribution in [0.3, 0.4) is 0 Å². The van der Waals surface area contributed by atoms with Gasteiger partial charge in [0.15, 0.2) is 0 Å². The molecule has 1 unspecified atom stereocenters. The summed E-state index contributed by atoms with van der Waals surface area (Å²) < 4.78 is 13.4. The summed E-state index contributed by atoms with van der Waals surface area (Å²) in [6, 6.07) is 14.8. The van der Waals surface area contributed by atoms with Gasteiger partial charge < -0.3 is 4.90 Å². The second-order valence-corrected chi connectivity index (χ2v) is 5.53. The highest BCUT2D eigenvalue weighted by Gasteiger charge is 2.30. The number of hydrogen-bond donors (Lipinski definition) is 0. The van der Waals surface area contributed by atoms with Crippen molar-refractivity contribution in [3.05, 3.63) is 71.0 Å². The quantitative estimate of drug-likeness (QED) is 0.812. The molecule has 2 aromatic carbocycles. The molecule has 2 aromatic rings. The summed E-state index contributed by atoms with van der Waals surface area (Å²) in [5.74, 6) is -0.281. The van der Waals surface area contributed by atoms with E-state index in [4.69, 9.17) is 0 Å². The van der Waals surface area contributed by atoms with Gasteiger partial charge in [0.25, 0.3) is 5.91 Å². The summed E-state index contributed by atoms with van der Waals surface area (Å²) in [6.45, 7) is 2.44. The van der Waals surface area contributed by atoms with Crippen LogP contribution in [0.2, 0.25) is 0 Å². The molecule has 108 valence electrons. The summed E-state index contributed by atoms with van der Waals surface area (Å²) >= 11 is 0. The van der Waals surface area contributed by atoms with Gasteiger partial charge in [-0.1, -0.05) is 30.3 Å². The van der Waals surface area contributed by atoms with Crippen molar-refractivity contribution in [3.63, 3.8) is 0 Å². The van der Waals surface area contributed by atoms with E-state index in [1.54, 1.807) is 19.1 Å². The number of aryl methyl sites for hydroxylation is 1. The van der Waals surface area contributed by atoms with Crippen LogP contribution >= 0.6 is 0 Å². The van der Waals surface area contributed by atoms with Crippen molar-refractivity contribution >= 4 is 5.91 Å². The number of amides is 1. The first-order valence-corrected chi connectivity index (χ1v) is 7.29. The molecular weight excluding hydrogens is 265 g/mol. The van der Waals surface area contributed by atoms with Gasteiger partial charge in [-0.05, 0) is 49.1 Å². The SMILES string of the molecule is Cc1cc(C(=O)N2CCCC2c2ccccc2)ccc1F. The van der Waals surface area contributed by atoms with E-state index in [0.29, 0.717) is 11.1 Å². The Labute approximate surface area is 124 Å². The Morgan fingerprint density at radius 3 is 2.67 bits per heavy atom. The third kappa shape index (κ3) is 2.68. The van der Waals surface area contributed by atoms with Crippen molar-refractivity contribution in [2.45, 2.75) is 25.8 Å². The Hall–Kier alpha value is -2.16. The topological polar surface area (TPSA) is 20.3 Å². The van der Waals surface area contributed by atoms with Crippen molar-refractivity contribution in [1.82, 2.24) is 4.90 Å². The van der Waals surface area contributed by atoms with Crippen LogP contribution in [-0.4, -0.2) is 17.4 Å². The minimum Gasteiger partial charge on any atom is -0.332 e. The number of nitrogens with zero attached hydrogens (tertiary/aromatic N) is 1. The highest BCUT2D eigenvalue weighted by Crippen LogP contribution is 2.33. The Kier molecular flexibility index (Phi) is 3.74. The number of rotatable bonds is 2. The maximum Gasteiger partial charge on any atom is 0.254 e. The fourth-order valence-electron chi connectivity index (χ4n) is 2.98. The van der Waals surface area contributed by atoms with Crippen molar-refractivity contribution < 1.29 is 9.18 Å². The van der Waals surface area contributed by atoms with Gasteiger partial charge in [-0.3, -0.25) is 4.79 Å². The van der Waals surface area contributed by atoms with E-state index in [1.165, 1.54) is 11.6 Å². The van der Waals surface area contributed by atoms with Gasteiger partial charge in [0.1, 0.15) is 5.82 Å². The minimum atomic E-state index is -0.271. The van der Waals surface area contributed by atoms with Gasteiger partial charge in [0.2, 0.25) is 0 Å². The van der Waals surface area contributed by atoms with E-state index < -0.39 is 0 Å². The maximum atomic E-state index is 13.4. The second kappa shape index (κ2) is 5.68. The number of carbonyl (C=O) groups is 1. The van der Waals surface area contributed by atoms with Crippen LogP contribution < -0.4 is 0 Å². The molecule has 0 N–H and O–H groups in total. The lowest BCUT2D eigenvalue weighted by molar-refractivity contribution is 0.0735. The van der Waals surface area contributed by atoms with Crippen LogP contribution in [0.4, 0.5) is 4.39 Å². The standard InChI is InChI=1S/C18H18FNO/c1-13-12-15(9-10-16(13)19)18(21)20-11-5-8-17(20)14-6-3-2-4-7-14/h2-4,6-7,9-10,12,17H,5,8,11H2,1H3. The molecule has 0 aliphatic carbocycles. The molecule has 21 heavy (non-hydrogen) atoms. The van der Waals surface area contributed by atoms with Gasteiger partial charge in [0, 0.05) is 12.1 Å². The third-order valence-corrected chi connectivity index (χ3v) is 4.10. The van der Waals surface area contributed by atoms with Crippen molar-refractivity contribution in [2.75, 3.05) is 6.54 Å². The molecule has 0 aromatic heterocycles. The molecule has 1 saturated heterocycles. The molecule has 1 amide bonds. The first kappa shape index (κ1) is 13.8. The third-order valence-electron chi connectivity index (χ3n) is 4.10. The van der Waals surface area contributed by atoms with E-state index in [1.807, 2.05) is 23.1 Å². The Morgan fingerprint density at radius 2 is 1.95 bits per heavy atom. The van der Waals surface area contributed by atoms with Crippen LogP contribution in [0.25, 0.3) is 0 Å². The van der Waals surface area contributed by atoms with E-state index in [-0.39, 0.29) is 17.8 Å². The zero-order valence-corrected chi connectivity index (χ0v) is 12.1. The van der Waals surface area contributed by atoms with Crippen molar-refractivity contribution in [3.8, 4) is 0 Å². The summed E-state index contributed by atoms with van der Waals surface area (Å²) in [4.78, 5) is 14.6. The minimum absolute atomic E-state index is 0.00977. The van der Waals surface area contributed by atoms with Crippen LogP contribution in [0, 0.1) is 12.7 Å². The van der Waals surface area contributed by atoms with Crippen LogP contribution in [-0.2, 0) is 0 Å². The Bertz CT molecular complexity index is 654. The first-order valence-electron chi connectivity index (χ1n) is 7.29. The average molecular weight is 283 g/mol. The van der Waals surface area contributed by atoms with E-state index >= 15 is 0 Å². The van der Waals surface area contributed by atoms with Crippen molar-refractivity contribution in [2.24, 2.45) is 0 Å². The van der Waals surface area contributed by atoms with Crippen molar-refractivity contribution in [1.29, 1.82) is 0 Å². The number of halogens is 1. The molecule has 0 radical (unpaired) electrons. The number of carbonyl (C=O) groups excluding carboxylic acids is 1. The van der Waals surface area contributed by atoms with E-state index in [0.717, 1.165) is 19.4 Å². The normalized spacial score (nSPS) is 18.0. The molecule has 0 spiro atoms. The Balaban J connectivity index is 1.88. The van der Waals surface area contributed by atoms with E-state index in [9.17, 15) is 9.18 Å². The largest absolute Gasteiger partial charge is 0.332 e. The maximum absolute atomic E-state index is 13.4. The van der Waals surface area contributed by atoms with Gasteiger partial charge in [-0.2, -0.15) is 0 Å². The van der Waals surface area contributed by atoms with Gasteiger partial charge in [0.05, 0.1) is 6.04 Å². The molecule has 3 heteroatoms. The number of likely N-dealkylation sites (tertiary alicyclic amines) is 1. The lowest BCUT2D eigenvalue weighted by Gasteiger charge is -2.25. The summed E-state index contributed by atoms with van der Waals surface area (Å²) in [5, 5.41) is 0. The summed E-state index contributed by atoms with van der Waals surface area (Å²) in [5.41, 5.74) is 2.25. The predicted molar refractivity (Wildman–Crippen MR) is 80.6 cm³/mol. The molecule has 3 rings (SSSR count). The predicted octanol–water partition coefficient (Wildman–Crippen LogP) is 4.11. The summed E-state index contributed by atoms with van der Waals surface area (Å²) in [7, 11) is 0. The number of hydrogen-bond acceptors (Lipinski definition) is 1. The molecular formula is C18H18FNO. The lowest BCUT2D eigenvalue weighted by Crippen LogP contribution is -2.30. The summed E-state index contributed by atoms with van der Waals surface area (Å²) in [6.07, 6.45) is 1.99. The monoisotopic (exact) mass is 283 g/mol. The van der Waals surface area contributed by atoms with Gasteiger partial charge in [-0.15, -0.1) is 0 Å². The zero-order chi connectivity index (χ0) is 14.8. The average Bonchev–Trinajstić information content (AvgIpc) is 2.99. The highest BCUT2D eigenvalue weighted by molar-refractivity contribution is 5.94. The molecule has 1 atom stereocenters. The highest BCUT2D eigenvalue weighted by atomic mass is 19.1. The van der Waals surface area contributed by atoms with Gasteiger partial charge in [-0.25, -0.2) is 4.39 Å². The number of benzene rings is 2. The molecule has 2 nitrogen and oxygen atoms in total. The smallest absolute Gasteiger partial charge is 0.254 e. The molecule has 1 heterocycles. The first-order chi connectivity index (χ1) is 10.2. The zero-order valence-electron chi connectivity index (χ0n) is 12.1. The van der Waals surface area contributed by atoms with Crippen LogP contribution in [0.5, 0.6) is 0 Å². The molecule has 1 aliphatic heterocycles. The van der Waals surface area contributed by atoms with Crippen LogP contribution in [0.1, 0.15) is 40.4 Å². The molecule has 0 saturated carbocycles. The Morgan fingerprint density at radius 1 is 1.19 bits per heavy atom. The molecule has 1 aliphatic rings. The fourth-order valence-corrected chi connectivity index (χ4v) is 2.98. The fraction of sp³-hybridized carbons (Fsp3) is 0.278. The molecule has 0 bridgehead atoms. The molecule has 1 fully saturated rings. The van der Waals surface area contributed by atoms with Gasteiger partial charge >= 0.3 is 0 Å². The van der Waals surface area contributed by atoms with Crippen LogP contribution in [0.15, 0.2) is 48.5 Å². The van der Waals surface area contributed by atoms with E-state index in [2.05, 4.69) is 12.1 Å².